The number of nitrogens with zero attached hydrogens (tertiary/aromatic N) is 2. The van der Waals surface area contributed by atoms with Gasteiger partial charge in [-0.15, -0.1) is 0 Å². The lowest BCUT2D eigenvalue weighted by Gasteiger charge is -2.39. The topological polar surface area (TPSA) is 40.6 Å². The SMILES string of the molecule is CC(=O)N1CCCCC[C@@H]2[C@@H]1[C@H](c1cccc(F)c1)CN2C(=O)C(C)(C)C. The zero-order valence-corrected chi connectivity index (χ0v) is 16.9. The molecular weight excluding hydrogens is 343 g/mol. The van der Waals surface area contributed by atoms with Crippen LogP contribution in [0.5, 0.6) is 0 Å². The molecule has 27 heavy (non-hydrogen) atoms. The first-order chi connectivity index (χ1) is 12.7. The van der Waals surface area contributed by atoms with E-state index in [1.165, 1.54) is 6.07 Å². The average Bonchev–Trinajstić information content (AvgIpc) is 2.91. The summed E-state index contributed by atoms with van der Waals surface area (Å²) < 4.78 is 13.9. The summed E-state index contributed by atoms with van der Waals surface area (Å²) in [7, 11) is 0. The van der Waals surface area contributed by atoms with E-state index in [1.54, 1.807) is 19.1 Å². The van der Waals surface area contributed by atoms with Gasteiger partial charge in [0.05, 0.1) is 12.1 Å². The first-order valence-electron chi connectivity index (χ1n) is 10.0. The zero-order valence-electron chi connectivity index (χ0n) is 16.9. The standard InChI is InChI=1S/C22H31FN2O2/c1-15(26)24-12-7-5-6-11-19-20(24)18(16-9-8-10-17(23)13-16)14-25(19)21(27)22(2,3)4/h8-10,13,18-20H,5-7,11-12,14H2,1-4H3/t18-,19+,20-/m0/s1. The molecule has 4 nitrogen and oxygen atoms in total. The van der Waals surface area contributed by atoms with E-state index < -0.39 is 5.41 Å². The summed E-state index contributed by atoms with van der Waals surface area (Å²) in [6.07, 6.45) is 3.99. The number of carbonyl (C=O) groups is 2. The molecule has 0 aromatic heterocycles. The summed E-state index contributed by atoms with van der Waals surface area (Å²) in [5.74, 6) is -0.178. The fraction of sp³-hybridized carbons (Fsp3) is 0.636. The van der Waals surface area contributed by atoms with Crippen LogP contribution in [-0.2, 0) is 9.59 Å². The van der Waals surface area contributed by atoms with Crippen molar-refractivity contribution in [3.63, 3.8) is 0 Å². The van der Waals surface area contributed by atoms with Crippen molar-refractivity contribution in [3.05, 3.63) is 35.6 Å². The third-order valence-electron chi connectivity index (χ3n) is 5.94. The smallest absolute Gasteiger partial charge is 0.228 e. The van der Waals surface area contributed by atoms with Crippen LogP contribution in [0.15, 0.2) is 24.3 Å². The third kappa shape index (κ3) is 4.02. The van der Waals surface area contributed by atoms with E-state index in [1.807, 2.05) is 36.6 Å². The number of amides is 2. The van der Waals surface area contributed by atoms with E-state index in [-0.39, 0.29) is 35.6 Å². The first-order valence-corrected chi connectivity index (χ1v) is 10.0. The number of rotatable bonds is 1. The highest BCUT2D eigenvalue weighted by atomic mass is 19.1. The van der Waals surface area contributed by atoms with Gasteiger partial charge in [-0.25, -0.2) is 4.39 Å². The number of fused-ring (bicyclic) bond motifs is 1. The van der Waals surface area contributed by atoms with Crippen LogP contribution in [0.2, 0.25) is 0 Å². The largest absolute Gasteiger partial charge is 0.337 e. The van der Waals surface area contributed by atoms with Crippen LogP contribution < -0.4 is 0 Å². The number of hydrogen-bond acceptors (Lipinski definition) is 2. The van der Waals surface area contributed by atoms with Crippen LogP contribution >= 0.6 is 0 Å². The predicted octanol–water partition coefficient (Wildman–Crippen LogP) is 3.96. The highest BCUT2D eigenvalue weighted by molar-refractivity contribution is 5.83. The van der Waals surface area contributed by atoms with Crippen LogP contribution in [0.25, 0.3) is 0 Å². The molecule has 0 saturated carbocycles. The number of hydrogen-bond donors (Lipinski definition) is 0. The number of likely N-dealkylation sites (tertiary alicyclic amines) is 2. The Morgan fingerprint density at radius 1 is 1.11 bits per heavy atom. The Morgan fingerprint density at radius 3 is 2.48 bits per heavy atom. The molecule has 3 rings (SSSR count). The summed E-state index contributed by atoms with van der Waals surface area (Å²) in [6, 6.07) is 6.55. The molecule has 2 amide bonds. The Labute approximate surface area is 161 Å². The van der Waals surface area contributed by atoms with Gasteiger partial charge in [-0.05, 0) is 30.5 Å². The first kappa shape index (κ1) is 19.8. The summed E-state index contributed by atoms with van der Waals surface area (Å²) in [6.45, 7) is 8.66. The van der Waals surface area contributed by atoms with Gasteiger partial charge in [0, 0.05) is 31.3 Å². The molecule has 2 aliphatic heterocycles. The molecule has 1 aromatic carbocycles. The molecule has 0 radical (unpaired) electrons. The minimum atomic E-state index is -0.481. The summed E-state index contributed by atoms with van der Waals surface area (Å²) in [4.78, 5) is 29.6. The Balaban J connectivity index is 2.05. The van der Waals surface area contributed by atoms with E-state index in [0.717, 1.165) is 31.2 Å². The van der Waals surface area contributed by atoms with Gasteiger partial charge in [0.2, 0.25) is 11.8 Å². The maximum atomic E-state index is 13.9. The fourth-order valence-corrected chi connectivity index (χ4v) is 4.69. The molecule has 2 saturated heterocycles. The molecule has 3 atom stereocenters. The minimum Gasteiger partial charge on any atom is -0.337 e. The fourth-order valence-electron chi connectivity index (χ4n) is 4.69. The van der Waals surface area contributed by atoms with Crippen molar-refractivity contribution in [1.82, 2.24) is 9.80 Å². The van der Waals surface area contributed by atoms with Crippen LogP contribution in [0.1, 0.15) is 64.9 Å². The second-order valence-electron chi connectivity index (χ2n) is 8.99. The average molecular weight is 375 g/mol. The van der Waals surface area contributed by atoms with Gasteiger partial charge in [0.15, 0.2) is 0 Å². The Morgan fingerprint density at radius 2 is 1.85 bits per heavy atom. The number of carbonyl (C=O) groups excluding carboxylic acids is 2. The molecule has 0 spiro atoms. The van der Waals surface area contributed by atoms with Crippen molar-refractivity contribution >= 4 is 11.8 Å². The van der Waals surface area contributed by atoms with Crippen molar-refractivity contribution in [2.24, 2.45) is 5.41 Å². The third-order valence-corrected chi connectivity index (χ3v) is 5.94. The van der Waals surface area contributed by atoms with Crippen molar-refractivity contribution < 1.29 is 14.0 Å². The van der Waals surface area contributed by atoms with Gasteiger partial charge in [-0.2, -0.15) is 0 Å². The van der Waals surface area contributed by atoms with Gasteiger partial charge < -0.3 is 9.80 Å². The van der Waals surface area contributed by atoms with E-state index >= 15 is 0 Å². The summed E-state index contributed by atoms with van der Waals surface area (Å²) in [5, 5.41) is 0. The molecule has 2 aliphatic rings. The van der Waals surface area contributed by atoms with Gasteiger partial charge in [0.1, 0.15) is 5.82 Å². The molecule has 0 aliphatic carbocycles. The van der Waals surface area contributed by atoms with Crippen LogP contribution in [0.3, 0.4) is 0 Å². The molecule has 2 heterocycles. The Kier molecular flexibility index (Phi) is 5.59. The molecule has 0 N–H and O–H groups in total. The van der Waals surface area contributed by atoms with Gasteiger partial charge >= 0.3 is 0 Å². The van der Waals surface area contributed by atoms with Gasteiger partial charge in [0.25, 0.3) is 0 Å². The Bertz CT molecular complexity index is 713. The highest BCUT2D eigenvalue weighted by Crippen LogP contribution is 2.41. The lowest BCUT2D eigenvalue weighted by Crippen LogP contribution is -2.52. The quantitative estimate of drug-likeness (QED) is 0.747. The molecule has 148 valence electrons. The Hall–Kier alpha value is -1.91. The number of benzene rings is 1. The second kappa shape index (κ2) is 7.61. The van der Waals surface area contributed by atoms with E-state index in [9.17, 15) is 14.0 Å². The van der Waals surface area contributed by atoms with E-state index in [4.69, 9.17) is 0 Å². The van der Waals surface area contributed by atoms with Gasteiger partial charge in [-0.3, -0.25) is 9.59 Å². The van der Waals surface area contributed by atoms with Gasteiger partial charge in [-0.1, -0.05) is 45.7 Å². The number of halogens is 1. The maximum Gasteiger partial charge on any atom is 0.228 e. The van der Waals surface area contributed by atoms with Crippen LogP contribution in [-0.4, -0.2) is 46.8 Å². The lowest BCUT2D eigenvalue weighted by atomic mass is 9.86. The molecule has 5 heteroatoms. The highest BCUT2D eigenvalue weighted by Gasteiger charge is 2.49. The van der Waals surface area contributed by atoms with Crippen LogP contribution in [0.4, 0.5) is 4.39 Å². The molecule has 2 fully saturated rings. The van der Waals surface area contributed by atoms with Crippen LogP contribution in [0, 0.1) is 11.2 Å². The summed E-state index contributed by atoms with van der Waals surface area (Å²) >= 11 is 0. The predicted molar refractivity (Wildman–Crippen MR) is 104 cm³/mol. The molecule has 1 aromatic rings. The molecular formula is C22H31FN2O2. The second-order valence-corrected chi connectivity index (χ2v) is 8.99. The van der Waals surface area contributed by atoms with Crippen molar-refractivity contribution in [1.29, 1.82) is 0 Å². The monoisotopic (exact) mass is 374 g/mol. The normalized spacial score (nSPS) is 26.3. The minimum absolute atomic E-state index is 0.00538. The van der Waals surface area contributed by atoms with Crippen molar-refractivity contribution in [2.45, 2.75) is 71.4 Å². The maximum absolute atomic E-state index is 13.9. The zero-order chi connectivity index (χ0) is 19.8. The van der Waals surface area contributed by atoms with Crippen molar-refractivity contribution in [3.8, 4) is 0 Å². The van der Waals surface area contributed by atoms with E-state index in [0.29, 0.717) is 13.1 Å². The lowest BCUT2D eigenvalue weighted by molar-refractivity contribution is -0.142. The molecule has 0 unspecified atom stereocenters. The van der Waals surface area contributed by atoms with E-state index in [2.05, 4.69) is 0 Å². The summed E-state index contributed by atoms with van der Waals surface area (Å²) in [5.41, 5.74) is 0.395. The van der Waals surface area contributed by atoms with Crippen molar-refractivity contribution in [2.75, 3.05) is 13.1 Å². The molecule has 0 bridgehead atoms.